The lowest BCUT2D eigenvalue weighted by Gasteiger charge is -2.20. The largest absolute Gasteiger partial charge is 0.494 e. The standard InChI is InChI=1S/C16H16Cl2N2O4/c1-22-13-9(4-8(17)5-10(13)18)16-19-2-3-20(16)11-6-23-15-12(21)7-24-14(11)15/h2-5,11-12,14-15,21H,6-7H2,1H3/t11-,12-,14-,15-/m1/s1. The van der Waals surface area contributed by atoms with E-state index in [9.17, 15) is 5.11 Å². The maximum Gasteiger partial charge on any atom is 0.148 e. The summed E-state index contributed by atoms with van der Waals surface area (Å²) in [4.78, 5) is 4.45. The summed E-state index contributed by atoms with van der Waals surface area (Å²) in [5.74, 6) is 1.17. The molecule has 0 amide bonds. The van der Waals surface area contributed by atoms with Crippen LogP contribution in [-0.2, 0) is 9.47 Å². The SMILES string of the molecule is COc1c(Cl)cc(Cl)cc1-c1nccn1[C@@H]1CO[C@H]2[C@@H]1OC[C@H]2O. The number of rotatable bonds is 3. The summed E-state index contributed by atoms with van der Waals surface area (Å²) in [5, 5.41) is 10.8. The molecule has 2 aliphatic rings. The lowest BCUT2D eigenvalue weighted by Crippen LogP contribution is -2.30. The third kappa shape index (κ3) is 2.50. The first kappa shape index (κ1) is 16.2. The molecule has 0 bridgehead atoms. The van der Waals surface area contributed by atoms with Gasteiger partial charge in [0.1, 0.15) is 29.9 Å². The van der Waals surface area contributed by atoms with E-state index in [1.165, 1.54) is 0 Å². The molecule has 4 rings (SSSR count). The summed E-state index contributed by atoms with van der Waals surface area (Å²) in [6.45, 7) is 0.717. The van der Waals surface area contributed by atoms with E-state index in [0.717, 1.165) is 0 Å². The maximum absolute atomic E-state index is 9.93. The number of aliphatic hydroxyl groups excluding tert-OH is 1. The van der Waals surface area contributed by atoms with Gasteiger partial charge in [0.2, 0.25) is 0 Å². The van der Waals surface area contributed by atoms with Crippen molar-refractivity contribution in [2.75, 3.05) is 20.3 Å². The summed E-state index contributed by atoms with van der Waals surface area (Å²) in [5.41, 5.74) is 0.696. The Kier molecular flexibility index (Phi) is 4.18. The van der Waals surface area contributed by atoms with Gasteiger partial charge in [-0.15, -0.1) is 0 Å². The summed E-state index contributed by atoms with van der Waals surface area (Å²) in [6, 6.07) is 3.30. The van der Waals surface area contributed by atoms with Crippen LogP contribution in [0.4, 0.5) is 0 Å². The van der Waals surface area contributed by atoms with E-state index in [0.29, 0.717) is 33.8 Å². The average Bonchev–Trinajstić information content (AvgIpc) is 3.24. The first-order valence-electron chi connectivity index (χ1n) is 7.57. The number of nitrogens with zero attached hydrogens (tertiary/aromatic N) is 2. The predicted molar refractivity (Wildman–Crippen MR) is 88.8 cm³/mol. The van der Waals surface area contributed by atoms with Gasteiger partial charge < -0.3 is 23.9 Å². The normalized spacial score (nSPS) is 29.0. The first-order chi connectivity index (χ1) is 11.6. The van der Waals surface area contributed by atoms with Crippen LogP contribution < -0.4 is 4.74 Å². The van der Waals surface area contributed by atoms with Crippen molar-refractivity contribution in [3.05, 3.63) is 34.6 Å². The fourth-order valence-corrected chi connectivity index (χ4v) is 3.99. The molecule has 1 aromatic carbocycles. The Morgan fingerprint density at radius 2 is 2.04 bits per heavy atom. The van der Waals surface area contributed by atoms with Crippen LogP contribution in [0.3, 0.4) is 0 Å². The summed E-state index contributed by atoms with van der Waals surface area (Å²) in [6.07, 6.45) is 2.43. The van der Waals surface area contributed by atoms with Gasteiger partial charge in [-0.1, -0.05) is 23.2 Å². The maximum atomic E-state index is 9.93. The van der Waals surface area contributed by atoms with E-state index in [1.54, 1.807) is 25.4 Å². The van der Waals surface area contributed by atoms with E-state index >= 15 is 0 Å². The Morgan fingerprint density at radius 1 is 1.25 bits per heavy atom. The highest BCUT2D eigenvalue weighted by Crippen LogP contribution is 2.41. The van der Waals surface area contributed by atoms with Gasteiger partial charge in [-0.05, 0) is 12.1 Å². The molecule has 8 heteroatoms. The molecule has 2 aromatic rings. The minimum atomic E-state index is -0.595. The second-order valence-electron chi connectivity index (χ2n) is 5.86. The zero-order valence-electron chi connectivity index (χ0n) is 12.9. The molecule has 1 aromatic heterocycles. The Bertz CT molecular complexity index is 767. The van der Waals surface area contributed by atoms with Crippen LogP contribution >= 0.6 is 23.2 Å². The molecular weight excluding hydrogens is 355 g/mol. The van der Waals surface area contributed by atoms with Crippen molar-refractivity contribution in [2.24, 2.45) is 0 Å². The van der Waals surface area contributed by atoms with Crippen LogP contribution in [0.1, 0.15) is 6.04 Å². The summed E-state index contributed by atoms with van der Waals surface area (Å²) < 4.78 is 18.8. The van der Waals surface area contributed by atoms with Gasteiger partial charge in [0.25, 0.3) is 0 Å². The smallest absolute Gasteiger partial charge is 0.148 e. The molecule has 24 heavy (non-hydrogen) atoms. The van der Waals surface area contributed by atoms with Gasteiger partial charge in [-0.2, -0.15) is 0 Å². The molecule has 2 saturated heterocycles. The topological polar surface area (TPSA) is 65.7 Å². The lowest BCUT2D eigenvalue weighted by atomic mass is 10.1. The molecule has 4 atom stereocenters. The second kappa shape index (κ2) is 6.20. The number of aliphatic hydroxyl groups is 1. The summed E-state index contributed by atoms with van der Waals surface area (Å²) in [7, 11) is 1.55. The Labute approximate surface area is 148 Å². The van der Waals surface area contributed by atoms with Gasteiger partial charge in [-0.3, -0.25) is 0 Å². The molecule has 0 spiro atoms. The second-order valence-corrected chi connectivity index (χ2v) is 6.70. The monoisotopic (exact) mass is 370 g/mol. The fraction of sp³-hybridized carbons (Fsp3) is 0.438. The zero-order valence-corrected chi connectivity index (χ0v) is 14.4. The van der Waals surface area contributed by atoms with Crippen molar-refractivity contribution in [3.63, 3.8) is 0 Å². The highest BCUT2D eigenvalue weighted by molar-refractivity contribution is 6.36. The number of halogens is 2. The van der Waals surface area contributed by atoms with E-state index in [2.05, 4.69) is 4.98 Å². The first-order valence-corrected chi connectivity index (χ1v) is 8.33. The number of aromatic nitrogens is 2. The Hall–Kier alpha value is -1.31. The van der Waals surface area contributed by atoms with Crippen LogP contribution in [0.5, 0.6) is 5.75 Å². The van der Waals surface area contributed by atoms with Gasteiger partial charge in [-0.25, -0.2) is 4.98 Å². The molecule has 3 heterocycles. The third-order valence-electron chi connectivity index (χ3n) is 4.48. The molecule has 0 radical (unpaired) electrons. The number of hydrogen-bond donors (Lipinski definition) is 1. The third-order valence-corrected chi connectivity index (χ3v) is 4.98. The Balaban J connectivity index is 1.77. The molecule has 0 aliphatic carbocycles. The molecule has 2 aliphatic heterocycles. The van der Waals surface area contributed by atoms with Crippen LogP contribution in [0.2, 0.25) is 10.0 Å². The van der Waals surface area contributed by atoms with Gasteiger partial charge in [0.15, 0.2) is 0 Å². The van der Waals surface area contributed by atoms with Crippen molar-refractivity contribution >= 4 is 23.2 Å². The molecular formula is C16H16Cl2N2O4. The van der Waals surface area contributed by atoms with Crippen LogP contribution in [0, 0.1) is 0 Å². The molecule has 2 fully saturated rings. The van der Waals surface area contributed by atoms with Crippen molar-refractivity contribution in [2.45, 2.75) is 24.4 Å². The minimum absolute atomic E-state index is 0.0906. The van der Waals surface area contributed by atoms with Crippen LogP contribution in [-0.4, -0.2) is 53.3 Å². The Morgan fingerprint density at radius 3 is 2.83 bits per heavy atom. The van der Waals surface area contributed by atoms with E-state index in [4.69, 9.17) is 37.4 Å². The number of imidazole rings is 1. The summed E-state index contributed by atoms with van der Waals surface area (Å²) >= 11 is 12.4. The van der Waals surface area contributed by atoms with Gasteiger partial charge in [0, 0.05) is 17.4 Å². The number of hydrogen-bond acceptors (Lipinski definition) is 5. The number of benzene rings is 1. The number of fused-ring (bicyclic) bond motifs is 1. The molecule has 1 N–H and O–H groups in total. The predicted octanol–water partition coefficient (Wildman–Crippen LogP) is 2.57. The number of methoxy groups -OCH3 is 1. The van der Waals surface area contributed by atoms with Crippen molar-refractivity contribution in [1.29, 1.82) is 0 Å². The van der Waals surface area contributed by atoms with Crippen LogP contribution in [0.15, 0.2) is 24.5 Å². The van der Waals surface area contributed by atoms with Crippen molar-refractivity contribution < 1.29 is 19.3 Å². The molecule has 0 unspecified atom stereocenters. The molecule has 128 valence electrons. The van der Waals surface area contributed by atoms with Crippen LogP contribution in [0.25, 0.3) is 11.4 Å². The highest BCUT2D eigenvalue weighted by atomic mass is 35.5. The van der Waals surface area contributed by atoms with E-state index < -0.39 is 6.10 Å². The van der Waals surface area contributed by atoms with Crippen molar-refractivity contribution in [1.82, 2.24) is 9.55 Å². The van der Waals surface area contributed by atoms with E-state index in [1.807, 2.05) is 10.8 Å². The molecule has 0 saturated carbocycles. The van der Waals surface area contributed by atoms with Gasteiger partial charge >= 0.3 is 0 Å². The average molecular weight is 371 g/mol. The quantitative estimate of drug-likeness (QED) is 0.899. The zero-order chi connectivity index (χ0) is 16.8. The van der Waals surface area contributed by atoms with Crippen molar-refractivity contribution in [3.8, 4) is 17.1 Å². The van der Waals surface area contributed by atoms with E-state index in [-0.39, 0.29) is 24.9 Å². The highest BCUT2D eigenvalue weighted by Gasteiger charge is 2.48. The fourth-order valence-electron chi connectivity index (χ4n) is 3.42. The lowest BCUT2D eigenvalue weighted by molar-refractivity contribution is 0.0172. The molecule has 6 nitrogen and oxygen atoms in total. The number of ether oxygens (including phenoxy) is 3. The minimum Gasteiger partial charge on any atom is -0.494 e. The van der Waals surface area contributed by atoms with Gasteiger partial charge in [0.05, 0.1) is 37.0 Å².